The predicted molar refractivity (Wildman–Crippen MR) is 154 cm³/mol. The summed E-state index contributed by atoms with van der Waals surface area (Å²) in [4.78, 5) is 31.2. The third-order valence-corrected chi connectivity index (χ3v) is 6.55. The quantitative estimate of drug-likeness (QED) is 0.112. The lowest BCUT2D eigenvalue weighted by Crippen LogP contribution is -2.09. The van der Waals surface area contributed by atoms with Crippen molar-refractivity contribution in [2.24, 2.45) is 0 Å². The molecular weight excluding hydrogens is 476 g/mol. The highest BCUT2D eigenvalue weighted by Crippen LogP contribution is 2.23. The summed E-state index contributed by atoms with van der Waals surface area (Å²) in [7, 11) is 0. The van der Waals surface area contributed by atoms with Crippen LogP contribution < -0.4 is 4.74 Å². The van der Waals surface area contributed by atoms with E-state index in [-0.39, 0.29) is 5.97 Å². The van der Waals surface area contributed by atoms with Crippen molar-refractivity contribution in [1.29, 1.82) is 0 Å². The van der Waals surface area contributed by atoms with E-state index in [1.807, 2.05) is 30.6 Å². The van der Waals surface area contributed by atoms with Crippen LogP contribution in [0.1, 0.15) is 134 Å². The van der Waals surface area contributed by atoms with E-state index in [0.29, 0.717) is 24.5 Å². The molecule has 0 aliphatic heterocycles. The van der Waals surface area contributed by atoms with E-state index in [4.69, 9.17) is 9.84 Å². The number of aryl methyl sites for hydroxylation is 1. The number of carbonyl (C=O) groups is 2. The van der Waals surface area contributed by atoms with Crippen LogP contribution in [0.5, 0.6) is 5.75 Å². The average molecular weight is 527 g/mol. The van der Waals surface area contributed by atoms with Crippen molar-refractivity contribution in [3.63, 3.8) is 0 Å². The van der Waals surface area contributed by atoms with E-state index in [1.54, 1.807) is 12.1 Å². The van der Waals surface area contributed by atoms with Gasteiger partial charge in [-0.15, -0.1) is 0 Å². The second kappa shape index (κ2) is 22.2. The summed E-state index contributed by atoms with van der Waals surface area (Å²) >= 11 is 0. The van der Waals surface area contributed by atoms with Crippen LogP contribution in [0.25, 0.3) is 0 Å². The van der Waals surface area contributed by atoms with E-state index in [9.17, 15) is 9.59 Å². The van der Waals surface area contributed by atoms with Crippen molar-refractivity contribution in [2.75, 3.05) is 0 Å². The Hall–Kier alpha value is -2.76. The van der Waals surface area contributed by atoms with Gasteiger partial charge < -0.3 is 9.84 Å². The Morgan fingerprint density at radius 1 is 0.789 bits per heavy atom. The SMILES string of the molecule is CCCCCCC(=O)O.CCCCCCCCc1cnc(C(CC)CCCC(=O)Oc2ccccc2)nc1. The zero-order valence-corrected chi connectivity index (χ0v) is 24.0. The molecular formula is C32H50N2O4. The number of aromatic nitrogens is 2. The molecule has 0 bridgehead atoms. The molecule has 6 heteroatoms. The fraction of sp³-hybridized carbons (Fsp3) is 0.625. The van der Waals surface area contributed by atoms with Gasteiger partial charge in [0.2, 0.25) is 0 Å². The largest absolute Gasteiger partial charge is 0.481 e. The van der Waals surface area contributed by atoms with Gasteiger partial charge in [0.15, 0.2) is 0 Å². The molecule has 0 radical (unpaired) electrons. The number of hydrogen-bond acceptors (Lipinski definition) is 5. The zero-order chi connectivity index (χ0) is 27.8. The molecule has 2 aromatic rings. The third kappa shape index (κ3) is 16.9. The fourth-order valence-electron chi connectivity index (χ4n) is 4.20. The molecule has 2 rings (SSSR count). The number of hydrogen-bond donors (Lipinski definition) is 1. The van der Waals surface area contributed by atoms with Gasteiger partial charge >= 0.3 is 11.9 Å². The summed E-state index contributed by atoms with van der Waals surface area (Å²) in [6.07, 6.45) is 20.5. The maximum Gasteiger partial charge on any atom is 0.311 e. The number of ether oxygens (including phenoxy) is 1. The summed E-state index contributed by atoms with van der Waals surface area (Å²) in [5.41, 5.74) is 1.23. The van der Waals surface area contributed by atoms with Crippen molar-refractivity contribution in [3.05, 3.63) is 54.1 Å². The van der Waals surface area contributed by atoms with Gasteiger partial charge in [0.05, 0.1) is 0 Å². The van der Waals surface area contributed by atoms with Gasteiger partial charge in [-0.3, -0.25) is 9.59 Å². The molecule has 6 nitrogen and oxygen atoms in total. The standard InChI is InChI=1S/C25H36N2O2.C7H14O2/c1-3-5-6-7-8-10-14-21-19-26-25(27-20-21)22(4-2)15-13-18-24(28)29-23-16-11-9-12-17-23;1-2-3-4-5-6-7(8)9/h9,11-12,16-17,19-20,22H,3-8,10,13-15,18H2,1-2H3;2-6H2,1H3,(H,8,9). The zero-order valence-electron chi connectivity index (χ0n) is 24.0. The van der Waals surface area contributed by atoms with Gasteiger partial charge in [-0.2, -0.15) is 0 Å². The first kappa shape index (κ1) is 33.3. The Balaban J connectivity index is 0.000000686. The minimum Gasteiger partial charge on any atom is -0.481 e. The fourth-order valence-corrected chi connectivity index (χ4v) is 4.20. The van der Waals surface area contributed by atoms with Crippen LogP contribution in [0.2, 0.25) is 0 Å². The first-order chi connectivity index (χ1) is 18.5. The molecule has 0 aliphatic rings. The Bertz CT molecular complexity index is 856. The molecule has 0 amide bonds. The minimum atomic E-state index is -0.675. The lowest BCUT2D eigenvalue weighted by Gasteiger charge is -2.13. The number of nitrogens with zero attached hydrogens (tertiary/aromatic N) is 2. The number of benzene rings is 1. The molecule has 0 saturated carbocycles. The lowest BCUT2D eigenvalue weighted by molar-refractivity contribution is -0.137. The molecule has 0 spiro atoms. The van der Waals surface area contributed by atoms with E-state index >= 15 is 0 Å². The maximum absolute atomic E-state index is 12.0. The number of aliphatic carboxylic acids is 1. The van der Waals surface area contributed by atoms with Crippen molar-refractivity contribution in [1.82, 2.24) is 9.97 Å². The Morgan fingerprint density at radius 3 is 2.00 bits per heavy atom. The van der Waals surface area contributed by atoms with Gasteiger partial charge in [0, 0.05) is 31.2 Å². The highest BCUT2D eigenvalue weighted by atomic mass is 16.5. The molecule has 0 saturated heterocycles. The van der Waals surface area contributed by atoms with Gasteiger partial charge in [-0.1, -0.05) is 90.3 Å². The first-order valence-corrected chi connectivity index (χ1v) is 14.8. The Kier molecular flexibility index (Phi) is 19.5. The van der Waals surface area contributed by atoms with E-state index in [2.05, 4.69) is 30.7 Å². The van der Waals surface area contributed by atoms with Gasteiger partial charge in [-0.05, 0) is 56.2 Å². The predicted octanol–water partition coefficient (Wildman–Crippen LogP) is 8.69. The highest BCUT2D eigenvalue weighted by Gasteiger charge is 2.14. The number of rotatable bonds is 19. The second-order valence-electron chi connectivity index (χ2n) is 9.96. The second-order valence-corrected chi connectivity index (χ2v) is 9.96. The molecule has 1 aromatic carbocycles. The van der Waals surface area contributed by atoms with Crippen molar-refractivity contribution in [3.8, 4) is 5.75 Å². The average Bonchev–Trinajstić information content (AvgIpc) is 2.92. The topological polar surface area (TPSA) is 89.4 Å². The van der Waals surface area contributed by atoms with Crippen LogP contribution >= 0.6 is 0 Å². The maximum atomic E-state index is 12.0. The third-order valence-electron chi connectivity index (χ3n) is 6.55. The number of esters is 1. The van der Waals surface area contributed by atoms with Crippen LogP contribution in [0.4, 0.5) is 0 Å². The molecule has 212 valence electrons. The highest BCUT2D eigenvalue weighted by molar-refractivity contribution is 5.72. The number of unbranched alkanes of at least 4 members (excludes halogenated alkanes) is 8. The first-order valence-electron chi connectivity index (χ1n) is 14.8. The molecule has 1 atom stereocenters. The summed E-state index contributed by atoms with van der Waals surface area (Å²) < 4.78 is 5.35. The van der Waals surface area contributed by atoms with Gasteiger partial charge in [0.25, 0.3) is 0 Å². The molecule has 0 aliphatic carbocycles. The molecule has 1 N–H and O–H groups in total. The van der Waals surface area contributed by atoms with Crippen LogP contribution in [0.3, 0.4) is 0 Å². The van der Waals surface area contributed by atoms with Crippen molar-refractivity contribution < 1.29 is 19.4 Å². The number of carbonyl (C=O) groups excluding carboxylic acids is 1. The summed E-state index contributed by atoms with van der Waals surface area (Å²) in [5, 5.41) is 8.21. The van der Waals surface area contributed by atoms with Gasteiger partial charge in [-0.25, -0.2) is 9.97 Å². The summed E-state index contributed by atoms with van der Waals surface area (Å²) in [5.74, 6) is 0.944. The van der Waals surface area contributed by atoms with Crippen LogP contribution in [-0.2, 0) is 16.0 Å². The van der Waals surface area contributed by atoms with E-state index in [1.165, 1.54) is 50.5 Å². The van der Waals surface area contributed by atoms with E-state index in [0.717, 1.165) is 50.8 Å². The molecule has 1 unspecified atom stereocenters. The monoisotopic (exact) mass is 526 g/mol. The number of carboxylic acids is 1. The normalized spacial score (nSPS) is 11.3. The van der Waals surface area contributed by atoms with Crippen molar-refractivity contribution in [2.45, 2.75) is 129 Å². The Morgan fingerprint density at radius 2 is 1.39 bits per heavy atom. The number of carboxylic acid groups (broad SMARTS) is 1. The number of para-hydroxylation sites is 1. The van der Waals surface area contributed by atoms with Gasteiger partial charge in [0.1, 0.15) is 11.6 Å². The van der Waals surface area contributed by atoms with Crippen molar-refractivity contribution >= 4 is 11.9 Å². The molecule has 1 aromatic heterocycles. The minimum absolute atomic E-state index is 0.179. The summed E-state index contributed by atoms with van der Waals surface area (Å²) in [6, 6.07) is 9.23. The Labute approximate surface area is 230 Å². The van der Waals surface area contributed by atoms with Crippen LogP contribution in [0.15, 0.2) is 42.7 Å². The molecule has 38 heavy (non-hydrogen) atoms. The summed E-state index contributed by atoms with van der Waals surface area (Å²) in [6.45, 7) is 6.51. The molecule has 1 heterocycles. The van der Waals surface area contributed by atoms with Crippen LogP contribution in [0, 0.1) is 0 Å². The lowest BCUT2D eigenvalue weighted by atomic mass is 9.98. The smallest absolute Gasteiger partial charge is 0.311 e. The van der Waals surface area contributed by atoms with E-state index < -0.39 is 5.97 Å². The van der Waals surface area contributed by atoms with Crippen LogP contribution in [-0.4, -0.2) is 27.0 Å². The molecule has 0 fully saturated rings.